The van der Waals surface area contributed by atoms with E-state index in [4.69, 9.17) is 0 Å². The Hall–Kier alpha value is -1.58. The van der Waals surface area contributed by atoms with Gasteiger partial charge in [-0.15, -0.1) is 0 Å². The molecule has 82 valence electrons. The second-order valence-corrected chi connectivity index (χ2v) is 3.36. The predicted molar refractivity (Wildman–Crippen MR) is 59.3 cm³/mol. The Morgan fingerprint density at radius 3 is 2.73 bits per heavy atom. The Morgan fingerprint density at radius 2 is 2.27 bits per heavy atom. The number of carbonyl (C=O) groups is 1. The lowest BCUT2D eigenvalue weighted by molar-refractivity contribution is 0.0599. The van der Waals surface area contributed by atoms with E-state index in [-0.39, 0.29) is 5.97 Å². The van der Waals surface area contributed by atoms with Crippen LogP contribution < -0.4 is 4.90 Å². The molecule has 1 heterocycles. The molecule has 0 amide bonds. The molecule has 1 aromatic heterocycles. The van der Waals surface area contributed by atoms with Crippen molar-refractivity contribution in [3.05, 3.63) is 23.4 Å². The van der Waals surface area contributed by atoms with Gasteiger partial charge in [-0.25, -0.2) is 9.78 Å². The monoisotopic (exact) mass is 208 g/mol. The maximum absolute atomic E-state index is 11.3. The fourth-order valence-electron chi connectivity index (χ4n) is 1.24. The molecule has 0 spiro atoms. The van der Waals surface area contributed by atoms with E-state index in [1.54, 1.807) is 6.20 Å². The van der Waals surface area contributed by atoms with Crippen LogP contribution >= 0.6 is 0 Å². The highest BCUT2D eigenvalue weighted by atomic mass is 16.5. The van der Waals surface area contributed by atoms with Gasteiger partial charge in [0.15, 0.2) is 0 Å². The molecule has 0 saturated heterocycles. The number of hydrogen-bond acceptors (Lipinski definition) is 4. The second-order valence-electron chi connectivity index (χ2n) is 3.36. The van der Waals surface area contributed by atoms with E-state index in [0.717, 1.165) is 17.9 Å². The minimum atomic E-state index is -0.342. The van der Waals surface area contributed by atoms with E-state index in [1.807, 2.05) is 31.9 Å². The fraction of sp³-hybridized carbons (Fsp3) is 0.455. The largest absolute Gasteiger partial charge is 0.465 e. The minimum absolute atomic E-state index is 0.342. The summed E-state index contributed by atoms with van der Waals surface area (Å²) in [5.41, 5.74) is 1.40. The van der Waals surface area contributed by atoms with E-state index in [0.29, 0.717) is 5.56 Å². The molecule has 15 heavy (non-hydrogen) atoms. The van der Waals surface area contributed by atoms with Crippen LogP contribution in [0.2, 0.25) is 0 Å². The number of aromatic nitrogens is 1. The van der Waals surface area contributed by atoms with Gasteiger partial charge < -0.3 is 9.64 Å². The zero-order chi connectivity index (χ0) is 11.4. The first-order valence-electron chi connectivity index (χ1n) is 4.86. The summed E-state index contributed by atoms with van der Waals surface area (Å²) in [6.45, 7) is 4.80. The molecule has 0 aliphatic carbocycles. The van der Waals surface area contributed by atoms with Gasteiger partial charge >= 0.3 is 5.97 Å². The van der Waals surface area contributed by atoms with Crippen molar-refractivity contribution >= 4 is 11.8 Å². The standard InChI is InChI=1S/C11H16N2O2/c1-5-13(3)10-6-8(2)9(7-12-10)11(14)15-4/h6-7H,5H2,1-4H3. The molecule has 0 aromatic carbocycles. The van der Waals surface area contributed by atoms with Crippen LogP contribution in [0, 0.1) is 6.92 Å². The number of methoxy groups -OCH3 is 1. The fourth-order valence-corrected chi connectivity index (χ4v) is 1.24. The molecule has 1 aromatic rings. The zero-order valence-corrected chi connectivity index (χ0v) is 9.57. The maximum Gasteiger partial charge on any atom is 0.339 e. The van der Waals surface area contributed by atoms with Gasteiger partial charge in [0.1, 0.15) is 5.82 Å². The van der Waals surface area contributed by atoms with Gasteiger partial charge in [-0.1, -0.05) is 0 Å². The number of ether oxygens (including phenoxy) is 1. The van der Waals surface area contributed by atoms with Crippen LogP contribution in [0.4, 0.5) is 5.82 Å². The van der Waals surface area contributed by atoms with Gasteiger partial charge in [0.2, 0.25) is 0 Å². The first-order valence-corrected chi connectivity index (χ1v) is 4.86. The molecule has 0 bridgehead atoms. The number of carbonyl (C=O) groups excluding carboxylic acids is 1. The minimum Gasteiger partial charge on any atom is -0.465 e. The van der Waals surface area contributed by atoms with Crippen molar-refractivity contribution < 1.29 is 9.53 Å². The van der Waals surface area contributed by atoms with Crippen molar-refractivity contribution in [1.29, 1.82) is 0 Å². The number of hydrogen-bond donors (Lipinski definition) is 0. The average Bonchev–Trinajstić information content (AvgIpc) is 2.26. The first kappa shape index (κ1) is 11.5. The summed E-state index contributed by atoms with van der Waals surface area (Å²) in [5, 5.41) is 0. The van der Waals surface area contributed by atoms with Crippen LogP contribution in [0.15, 0.2) is 12.3 Å². The highest BCUT2D eigenvalue weighted by molar-refractivity contribution is 5.90. The number of anilines is 1. The molecule has 0 aliphatic rings. The van der Waals surface area contributed by atoms with Crippen LogP contribution in [0.25, 0.3) is 0 Å². The summed E-state index contributed by atoms with van der Waals surface area (Å²) in [4.78, 5) is 17.5. The normalized spacial score (nSPS) is 9.87. The Balaban J connectivity index is 3.03. The van der Waals surface area contributed by atoms with E-state index >= 15 is 0 Å². The summed E-state index contributed by atoms with van der Waals surface area (Å²) in [6, 6.07) is 1.88. The summed E-state index contributed by atoms with van der Waals surface area (Å²) in [6.07, 6.45) is 1.56. The lowest BCUT2D eigenvalue weighted by Gasteiger charge is -2.16. The van der Waals surface area contributed by atoms with Crippen LogP contribution in [-0.2, 0) is 4.74 Å². The van der Waals surface area contributed by atoms with Gasteiger partial charge in [-0.2, -0.15) is 0 Å². The predicted octanol–water partition coefficient (Wildman–Crippen LogP) is 1.63. The third-order valence-corrected chi connectivity index (χ3v) is 2.37. The van der Waals surface area contributed by atoms with Crippen molar-refractivity contribution in [3.8, 4) is 0 Å². The summed E-state index contributed by atoms with van der Waals surface area (Å²) >= 11 is 0. The van der Waals surface area contributed by atoms with Crippen LogP contribution in [0.5, 0.6) is 0 Å². The number of aryl methyl sites for hydroxylation is 1. The Kier molecular flexibility index (Phi) is 3.66. The van der Waals surface area contributed by atoms with Crippen LogP contribution in [0.3, 0.4) is 0 Å². The molecular formula is C11H16N2O2. The molecule has 0 aliphatic heterocycles. The average molecular weight is 208 g/mol. The molecule has 0 fully saturated rings. The maximum atomic E-state index is 11.3. The topological polar surface area (TPSA) is 42.4 Å². The molecule has 0 saturated carbocycles. The van der Waals surface area contributed by atoms with Gasteiger partial charge in [0, 0.05) is 19.8 Å². The molecule has 0 unspecified atom stereocenters. The summed E-state index contributed by atoms with van der Waals surface area (Å²) in [7, 11) is 3.33. The van der Waals surface area contributed by atoms with Crippen molar-refractivity contribution in [1.82, 2.24) is 4.98 Å². The van der Waals surface area contributed by atoms with Gasteiger partial charge in [0.25, 0.3) is 0 Å². The van der Waals surface area contributed by atoms with Crippen molar-refractivity contribution in [3.63, 3.8) is 0 Å². The summed E-state index contributed by atoms with van der Waals surface area (Å²) in [5.74, 6) is 0.522. The molecule has 1 rings (SSSR count). The number of nitrogens with zero attached hydrogens (tertiary/aromatic N) is 2. The quantitative estimate of drug-likeness (QED) is 0.708. The van der Waals surface area contributed by atoms with Crippen molar-refractivity contribution in [2.75, 3.05) is 25.6 Å². The molecule has 0 atom stereocenters. The Bertz CT molecular complexity index is 364. The van der Waals surface area contributed by atoms with E-state index < -0.39 is 0 Å². The highest BCUT2D eigenvalue weighted by Gasteiger charge is 2.11. The Labute approximate surface area is 89.9 Å². The van der Waals surface area contributed by atoms with Crippen molar-refractivity contribution in [2.24, 2.45) is 0 Å². The van der Waals surface area contributed by atoms with Crippen LogP contribution in [0.1, 0.15) is 22.8 Å². The molecule has 4 nitrogen and oxygen atoms in total. The van der Waals surface area contributed by atoms with Gasteiger partial charge in [-0.05, 0) is 25.5 Å². The lowest BCUT2D eigenvalue weighted by atomic mass is 10.1. The molecule has 0 N–H and O–H groups in total. The Morgan fingerprint density at radius 1 is 1.60 bits per heavy atom. The lowest BCUT2D eigenvalue weighted by Crippen LogP contribution is -2.18. The molecule has 4 heteroatoms. The smallest absolute Gasteiger partial charge is 0.339 e. The molecule has 0 radical (unpaired) electrons. The van der Waals surface area contributed by atoms with Crippen LogP contribution in [-0.4, -0.2) is 31.7 Å². The first-order chi connectivity index (χ1) is 7.10. The number of rotatable bonds is 3. The van der Waals surface area contributed by atoms with E-state index in [9.17, 15) is 4.79 Å². The second kappa shape index (κ2) is 4.77. The number of esters is 1. The zero-order valence-electron chi connectivity index (χ0n) is 9.57. The third kappa shape index (κ3) is 2.46. The van der Waals surface area contributed by atoms with E-state index in [2.05, 4.69) is 9.72 Å². The number of pyridine rings is 1. The van der Waals surface area contributed by atoms with Gasteiger partial charge in [-0.3, -0.25) is 0 Å². The van der Waals surface area contributed by atoms with Gasteiger partial charge in [0.05, 0.1) is 12.7 Å². The SMILES string of the molecule is CCN(C)c1cc(C)c(C(=O)OC)cn1. The van der Waals surface area contributed by atoms with E-state index in [1.165, 1.54) is 7.11 Å². The summed E-state index contributed by atoms with van der Waals surface area (Å²) < 4.78 is 4.65. The highest BCUT2D eigenvalue weighted by Crippen LogP contribution is 2.15. The third-order valence-electron chi connectivity index (χ3n) is 2.37. The molecular weight excluding hydrogens is 192 g/mol. The van der Waals surface area contributed by atoms with Crippen molar-refractivity contribution in [2.45, 2.75) is 13.8 Å².